The first-order chi connectivity index (χ1) is 13.4. The van der Waals surface area contributed by atoms with Gasteiger partial charge in [0.1, 0.15) is 5.58 Å². The average molecular weight is 413 g/mol. The number of fused-ring (bicyclic) bond motifs is 1. The van der Waals surface area contributed by atoms with Crippen LogP contribution in [-0.2, 0) is 10.0 Å². The van der Waals surface area contributed by atoms with Gasteiger partial charge in [-0.2, -0.15) is 0 Å². The van der Waals surface area contributed by atoms with Crippen LogP contribution in [0.3, 0.4) is 0 Å². The maximum atomic E-state index is 12.4. The molecule has 28 heavy (non-hydrogen) atoms. The minimum atomic E-state index is -3.32. The van der Waals surface area contributed by atoms with Gasteiger partial charge < -0.3 is 4.42 Å². The number of amides is 1. The number of carbonyl (C=O) groups excluding carboxylic acids is 1. The number of nitrogens with one attached hydrogen (secondary N) is 2. The number of furan rings is 1. The molecule has 0 aliphatic heterocycles. The van der Waals surface area contributed by atoms with Gasteiger partial charge >= 0.3 is 0 Å². The van der Waals surface area contributed by atoms with Crippen LogP contribution in [0.4, 0.5) is 10.8 Å². The fraction of sp³-hybridized carbons (Fsp3) is 0.0526. The van der Waals surface area contributed by atoms with Crippen molar-refractivity contribution in [1.82, 2.24) is 4.98 Å². The summed E-state index contributed by atoms with van der Waals surface area (Å²) in [7, 11) is -3.32. The molecule has 0 radical (unpaired) electrons. The number of aromatic nitrogens is 1. The molecule has 2 heterocycles. The number of nitrogens with zero attached hydrogens (tertiary/aromatic N) is 1. The van der Waals surface area contributed by atoms with E-state index in [0.29, 0.717) is 22.1 Å². The van der Waals surface area contributed by atoms with Crippen LogP contribution >= 0.6 is 11.3 Å². The van der Waals surface area contributed by atoms with Crippen LogP contribution in [-0.4, -0.2) is 25.6 Å². The third-order valence-electron chi connectivity index (χ3n) is 3.86. The zero-order valence-corrected chi connectivity index (χ0v) is 16.3. The Bertz CT molecular complexity index is 1220. The fourth-order valence-corrected chi connectivity index (χ4v) is 3.92. The van der Waals surface area contributed by atoms with Crippen LogP contribution in [0.5, 0.6) is 0 Å². The second-order valence-corrected chi connectivity index (χ2v) is 8.70. The third kappa shape index (κ3) is 4.05. The molecule has 4 aromatic rings. The molecule has 0 atom stereocenters. The number of anilines is 2. The molecule has 2 aromatic carbocycles. The predicted octanol–water partition coefficient (Wildman–Crippen LogP) is 4.18. The molecule has 0 saturated carbocycles. The van der Waals surface area contributed by atoms with Crippen LogP contribution in [0.25, 0.3) is 22.2 Å². The van der Waals surface area contributed by atoms with Crippen LogP contribution in [0.1, 0.15) is 10.6 Å². The summed E-state index contributed by atoms with van der Waals surface area (Å²) in [6.07, 6.45) is 1.10. The molecular formula is C19H15N3O4S2. The maximum absolute atomic E-state index is 12.4. The van der Waals surface area contributed by atoms with E-state index < -0.39 is 10.0 Å². The Balaban J connectivity index is 1.48. The Labute approximate surface area is 165 Å². The minimum Gasteiger partial charge on any atom is -0.451 e. The Kier molecular flexibility index (Phi) is 4.62. The zero-order valence-electron chi connectivity index (χ0n) is 14.7. The van der Waals surface area contributed by atoms with Gasteiger partial charge in [0.05, 0.1) is 11.9 Å². The summed E-state index contributed by atoms with van der Waals surface area (Å²) in [5, 5.41) is 5.85. The van der Waals surface area contributed by atoms with E-state index in [1.165, 1.54) is 11.3 Å². The maximum Gasteiger partial charge on any atom is 0.293 e. The lowest BCUT2D eigenvalue weighted by molar-refractivity contribution is 0.0998. The molecule has 0 fully saturated rings. The number of rotatable bonds is 5. The molecule has 0 bridgehead atoms. The first-order valence-electron chi connectivity index (χ1n) is 8.21. The topological polar surface area (TPSA) is 101 Å². The molecule has 0 saturated heterocycles. The number of thiazole rings is 1. The van der Waals surface area contributed by atoms with E-state index in [2.05, 4.69) is 15.0 Å². The summed E-state index contributed by atoms with van der Waals surface area (Å²) in [6.45, 7) is 0. The molecule has 0 spiro atoms. The highest BCUT2D eigenvalue weighted by atomic mass is 32.2. The van der Waals surface area contributed by atoms with E-state index in [4.69, 9.17) is 4.42 Å². The highest BCUT2D eigenvalue weighted by Gasteiger charge is 2.14. The molecule has 142 valence electrons. The summed E-state index contributed by atoms with van der Waals surface area (Å²) in [5.41, 5.74) is 2.60. The molecule has 9 heteroatoms. The standard InChI is InChI=1S/C19H15N3O4S2/c1-28(24,25)22-14-8-6-12(7-9-14)15-11-27-19(20-15)21-18(23)17-10-13-4-2-3-5-16(13)26-17/h2-11,22H,1H3,(H,20,21,23). The quantitative estimate of drug-likeness (QED) is 0.511. The second-order valence-electron chi connectivity index (χ2n) is 6.09. The molecule has 4 rings (SSSR count). The van der Waals surface area contributed by atoms with Crippen molar-refractivity contribution >= 4 is 49.1 Å². The van der Waals surface area contributed by atoms with Crippen molar-refractivity contribution in [2.45, 2.75) is 0 Å². The van der Waals surface area contributed by atoms with Crippen LogP contribution in [0, 0.1) is 0 Å². The first-order valence-corrected chi connectivity index (χ1v) is 11.0. The van der Waals surface area contributed by atoms with Crippen molar-refractivity contribution in [3.05, 3.63) is 65.7 Å². The number of hydrogen-bond donors (Lipinski definition) is 2. The van der Waals surface area contributed by atoms with Crippen molar-refractivity contribution in [3.8, 4) is 11.3 Å². The summed E-state index contributed by atoms with van der Waals surface area (Å²) in [4.78, 5) is 16.8. The highest BCUT2D eigenvalue weighted by molar-refractivity contribution is 7.92. The zero-order chi connectivity index (χ0) is 19.7. The minimum absolute atomic E-state index is 0.217. The predicted molar refractivity (Wildman–Crippen MR) is 110 cm³/mol. The molecule has 7 nitrogen and oxygen atoms in total. The van der Waals surface area contributed by atoms with Gasteiger partial charge in [0.15, 0.2) is 10.9 Å². The van der Waals surface area contributed by atoms with Crippen molar-refractivity contribution in [3.63, 3.8) is 0 Å². The van der Waals surface area contributed by atoms with Crippen molar-refractivity contribution in [2.75, 3.05) is 16.3 Å². The van der Waals surface area contributed by atoms with E-state index in [-0.39, 0.29) is 11.7 Å². The van der Waals surface area contributed by atoms with Crippen LogP contribution < -0.4 is 10.0 Å². The number of hydrogen-bond acceptors (Lipinski definition) is 6. The highest BCUT2D eigenvalue weighted by Crippen LogP contribution is 2.27. The van der Waals surface area contributed by atoms with Crippen molar-refractivity contribution < 1.29 is 17.6 Å². The normalized spacial score (nSPS) is 11.5. The number of sulfonamides is 1. The van der Waals surface area contributed by atoms with Gasteiger partial charge in [0.25, 0.3) is 5.91 Å². The molecule has 1 amide bonds. The fourth-order valence-electron chi connectivity index (χ4n) is 2.64. The Morgan fingerprint density at radius 3 is 2.57 bits per heavy atom. The molecular weight excluding hydrogens is 398 g/mol. The monoisotopic (exact) mass is 413 g/mol. The van der Waals surface area contributed by atoms with Crippen LogP contribution in [0.2, 0.25) is 0 Å². The Hall–Kier alpha value is -3.17. The summed E-state index contributed by atoms with van der Waals surface area (Å²) < 4.78 is 30.5. The largest absolute Gasteiger partial charge is 0.451 e. The van der Waals surface area contributed by atoms with E-state index in [1.54, 1.807) is 36.4 Å². The van der Waals surface area contributed by atoms with Gasteiger partial charge in [-0.15, -0.1) is 11.3 Å². The summed E-state index contributed by atoms with van der Waals surface area (Å²) in [5.74, 6) is -0.154. The summed E-state index contributed by atoms with van der Waals surface area (Å²) >= 11 is 1.29. The average Bonchev–Trinajstić information content (AvgIpc) is 3.28. The third-order valence-corrected chi connectivity index (χ3v) is 5.22. The van der Waals surface area contributed by atoms with Gasteiger partial charge in [-0.1, -0.05) is 30.3 Å². The number of benzene rings is 2. The number of para-hydroxylation sites is 1. The van der Waals surface area contributed by atoms with Gasteiger partial charge in [-0.3, -0.25) is 14.8 Å². The molecule has 2 aromatic heterocycles. The van der Waals surface area contributed by atoms with E-state index >= 15 is 0 Å². The smallest absolute Gasteiger partial charge is 0.293 e. The number of carbonyl (C=O) groups is 1. The van der Waals surface area contributed by atoms with E-state index in [1.807, 2.05) is 23.6 Å². The molecule has 0 unspecified atom stereocenters. The first kappa shape index (κ1) is 18.2. The van der Waals surface area contributed by atoms with Gasteiger partial charge in [-0.25, -0.2) is 13.4 Å². The van der Waals surface area contributed by atoms with E-state index in [0.717, 1.165) is 17.2 Å². The Morgan fingerprint density at radius 1 is 1.11 bits per heavy atom. The van der Waals surface area contributed by atoms with Gasteiger partial charge in [-0.05, 0) is 24.3 Å². The van der Waals surface area contributed by atoms with Crippen LogP contribution in [0.15, 0.2) is 64.4 Å². The molecule has 2 N–H and O–H groups in total. The lowest BCUT2D eigenvalue weighted by Gasteiger charge is -2.04. The SMILES string of the molecule is CS(=O)(=O)Nc1ccc(-c2csc(NC(=O)c3cc4ccccc4o3)n2)cc1. The molecule has 0 aliphatic rings. The van der Waals surface area contributed by atoms with Crippen molar-refractivity contribution in [2.24, 2.45) is 0 Å². The second kappa shape index (κ2) is 7.10. The van der Waals surface area contributed by atoms with Gasteiger partial charge in [0.2, 0.25) is 10.0 Å². The Morgan fingerprint density at radius 2 is 1.86 bits per heavy atom. The lowest BCUT2D eigenvalue weighted by Crippen LogP contribution is -2.10. The molecule has 0 aliphatic carbocycles. The summed E-state index contributed by atoms with van der Waals surface area (Å²) in [6, 6.07) is 15.9. The van der Waals surface area contributed by atoms with E-state index in [9.17, 15) is 13.2 Å². The van der Waals surface area contributed by atoms with Crippen molar-refractivity contribution in [1.29, 1.82) is 0 Å². The van der Waals surface area contributed by atoms with Gasteiger partial charge in [0, 0.05) is 22.0 Å². The lowest BCUT2D eigenvalue weighted by atomic mass is 10.1.